The third-order valence-corrected chi connectivity index (χ3v) is 4.38. The lowest BCUT2D eigenvalue weighted by Crippen LogP contribution is -2.11. The van der Waals surface area contributed by atoms with Gasteiger partial charge in [-0.3, -0.25) is 0 Å². The highest BCUT2D eigenvalue weighted by atomic mass is 28.2. The van der Waals surface area contributed by atoms with Gasteiger partial charge >= 0.3 is 0 Å². The Morgan fingerprint density at radius 1 is 1.25 bits per heavy atom. The molecular weight excluding hydrogens is 212 g/mol. The van der Waals surface area contributed by atoms with Crippen LogP contribution in [0.5, 0.6) is 0 Å². The van der Waals surface area contributed by atoms with Gasteiger partial charge in [-0.15, -0.1) is 0 Å². The third kappa shape index (κ3) is 1.57. The van der Waals surface area contributed by atoms with Gasteiger partial charge in [0.15, 0.2) is 0 Å². The Labute approximate surface area is 100 Å². The standard InChI is InChI=1S/C14H18OSi/c16-15-14-9-13(10-5-1-2-6-10)11-7-3-4-8-12(11)14/h1-2,5,9,14H,3-4,6-8H2,16H3. The number of hydrogen-bond acceptors (Lipinski definition) is 1. The first-order valence-corrected chi connectivity index (χ1v) is 7.05. The van der Waals surface area contributed by atoms with Crippen LogP contribution in [0.1, 0.15) is 32.1 Å². The number of allylic oxidation sites excluding steroid dienone is 6. The van der Waals surface area contributed by atoms with Gasteiger partial charge in [0.25, 0.3) is 0 Å². The van der Waals surface area contributed by atoms with Gasteiger partial charge in [0, 0.05) is 0 Å². The molecule has 0 radical (unpaired) electrons. The van der Waals surface area contributed by atoms with Crippen LogP contribution in [0.2, 0.25) is 0 Å². The molecule has 0 aromatic rings. The van der Waals surface area contributed by atoms with Crippen LogP contribution in [0.3, 0.4) is 0 Å². The van der Waals surface area contributed by atoms with Crippen molar-refractivity contribution < 1.29 is 4.43 Å². The SMILES string of the molecule is [SiH3]OC1C=C(C2=CC=CC2)C2=C1CCCC2. The molecule has 1 nitrogen and oxygen atoms in total. The molecule has 84 valence electrons. The molecule has 3 aliphatic rings. The third-order valence-electron chi connectivity index (χ3n) is 3.87. The second kappa shape index (κ2) is 4.19. The summed E-state index contributed by atoms with van der Waals surface area (Å²) in [5.74, 6) is 0. The van der Waals surface area contributed by atoms with E-state index in [0.717, 1.165) is 16.9 Å². The topological polar surface area (TPSA) is 9.23 Å². The van der Waals surface area contributed by atoms with Gasteiger partial charge in [-0.25, -0.2) is 0 Å². The predicted molar refractivity (Wildman–Crippen MR) is 70.2 cm³/mol. The van der Waals surface area contributed by atoms with Crippen molar-refractivity contribution >= 4 is 10.5 Å². The van der Waals surface area contributed by atoms with E-state index in [2.05, 4.69) is 24.3 Å². The smallest absolute Gasteiger partial charge is 0.147 e. The lowest BCUT2D eigenvalue weighted by Gasteiger charge is -2.20. The summed E-state index contributed by atoms with van der Waals surface area (Å²) in [6.45, 7) is 0. The van der Waals surface area contributed by atoms with Gasteiger partial charge in [0.2, 0.25) is 0 Å². The summed E-state index contributed by atoms with van der Waals surface area (Å²) < 4.78 is 5.73. The Balaban J connectivity index is 1.96. The summed E-state index contributed by atoms with van der Waals surface area (Å²) >= 11 is 0. The van der Waals surface area contributed by atoms with Crippen LogP contribution in [-0.2, 0) is 4.43 Å². The van der Waals surface area contributed by atoms with E-state index in [4.69, 9.17) is 4.43 Å². The molecular formula is C14H18OSi. The highest BCUT2D eigenvalue weighted by Gasteiger charge is 2.29. The van der Waals surface area contributed by atoms with Crippen LogP contribution >= 0.6 is 0 Å². The highest BCUT2D eigenvalue weighted by Crippen LogP contribution is 2.42. The van der Waals surface area contributed by atoms with Crippen molar-refractivity contribution in [1.29, 1.82) is 0 Å². The molecule has 2 heteroatoms. The zero-order valence-electron chi connectivity index (χ0n) is 9.83. The van der Waals surface area contributed by atoms with Gasteiger partial charge in [-0.1, -0.05) is 18.2 Å². The van der Waals surface area contributed by atoms with Crippen LogP contribution in [0.4, 0.5) is 0 Å². The van der Waals surface area contributed by atoms with Gasteiger partial charge < -0.3 is 4.43 Å². The monoisotopic (exact) mass is 230 g/mol. The first-order valence-electron chi connectivity index (χ1n) is 6.23. The summed E-state index contributed by atoms with van der Waals surface area (Å²) in [5.41, 5.74) is 6.20. The van der Waals surface area contributed by atoms with E-state index in [1.807, 2.05) is 0 Å². The molecule has 1 unspecified atom stereocenters. The van der Waals surface area contributed by atoms with Crippen molar-refractivity contribution in [3.63, 3.8) is 0 Å². The van der Waals surface area contributed by atoms with E-state index in [-0.39, 0.29) is 0 Å². The highest BCUT2D eigenvalue weighted by molar-refractivity contribution is 5.98. The van der Waals surface area contributed by atoms with E-state index in [0.29, 0.717) is 6.10 Å². The van der Waals surface area contributed by atoms with E-state index in [1.165, 1.54) is 36.8 Å². The molecule has 0 spiro atoms. The lowest BCUT2D eigenvalue weighted by atomic mass is 9.88. The lowest BCUT2D eigenvalue weighted by molar-refractivity contribution is 0.307. The Hall–Kier alpha value is -0.863. The first kappa shape index (κ1) is 10.3. The molecule has 1 atom stereocenters. The molecule has 0 aromatic carbocycles. The Bertz CT molecular complexity index is 426. The largest absolute Gasteiger partial charge is 0.418 e. The second-order valence-electron chi connectivity index (χ2n) is 4.77. The number of hydrogen-bond donors (Lipinski definition) is 0. The van der Waals surface area contributed by atoms with Crippen molar-refractivity contribution in [3.05, 3.63) is 46.6 Å². The van der Waals surface area contributed by atoms with Crippen molar-refractivity contribution in [3.8, 4) is 0 Å². The zero-order valence-corrected chi connectivity index (χ0v) is 11.8. The number of rotatable bonds is 2. The fourth-order valence-corrected chi connectivity index (χ4v) is 3.48. The zero-order chi connectivity index (χ0) is 11.0. The summed E-state index contributed by atoms with van der Waals surface area (Å²) in [7, 11) is 0.834. The Morgan fingerprint density at radius 3 is 2.88 bits per heavy atom. The summed E-state index contributed by atoms with van der Waals surface area (Å²) in [4.78, 5) is 0. The molecule has 3 rings (SSSR count). The van der Waals surface area contributed by atoms with Crippen LogP contribution in [0.15, 0.2) is 46.6 Å². The molecule has 0 fully saturated rings. The summed E-state index contributed by atoms with van der Waals surface area (Å²) in [5, 5.41) is 0. The van der Waals surface area contributed by atoms with Crippen molar-refractivity contribution in [2.75, 3.05) is 0 Å². The Morgan fingerprint density at radius 2 is 2.12 bits per heavy atom. The minimum absolute atomic E-state index is 0.318. The summed E-state index contributed by atoms with van der Waals surface area (Å²) in [6.07, 6.45) is 15.7. The fraction of sp³-hybridized carbons (Fsp3) is 0.429. The summed E-state index contributed by atoms with van der Waals surface area (Å²) in [6, 6.07) is 0. The van der Waals surface area contributed by atoms with E-state index in [9.17, 15) is 0 Å². The van der Waals surface area contributed by atoms with E-state index >= 15 is 0 Å². The second-order valence-corrected chi connectivity index (χ2v) is 5.24. The first-order chi connectivity index (χ1) is 7.90. The maximum atomic E-state index is 5.73. The average Bonchev–Trinajstić information content (AvgIpc) is 2.95. The van der Waals surface area contributed by atoms with Gasteiger partial charge in [0.05, 0.1) is 6.10 Å². The van der Waals surface area contributed by atoms with Crippen LogP contribution in [-0.4, -0.2) is 16.6 Å². The van der Waals surface area contributed by atoms with E-state index < -0.39 is 0 Å². The quantitative estimate of drug-likeness (QED) is 0.662. The maximum absolute atomic E-state index is 5.73. The van der Waals surface area contributed by atoms with Crippen LogP contribution in [0.25, 0.3) is 0 Å². The minimum atomic E-state index is 0.318. The molecule has 0 saturated carbocycles. The van der Waals surface area contributed by atoms with Crippen molar-refractivity contribution in [1.82, 2.24) is 0 Å². The molecule has 0 N–H and O–H groups in total. The maximum Gasteiger partial charge on any atom is 0.147 e. The van der Waals surface area contributed by atoms with Crippen LogP contribution < -0.4 is 0 Å². The molecule has 0 aliphatic heterocycles. The van der Waals surface area contributed by atoms with Crippen LogP contribution in [0, 0.1) is 0 Å². The molecule has 0 amide bonds. The molecule has 0 heterocycles. The van der Waals surface area contributed by atoms with E-state index in [1.54, 1.807) is 11.1 Å². The van der Waals surface area contributed by atoms with Crippen molar-refractivity contribution in [2.45, 2.75) is 38.2 Å². The Kier molecular flexibility index (Phi) is 2.70. The minimum Gasteiger partial charge on any atom is -0.418 e. The van der Waals surface area contributed by atoms with Gasteiger partial charge in [0.1, 0.15) is 10.5 Å². The van der Waals surface area contributed by atoms with Gasteiger partial charge in [-0.2, -0.15) is 0 Å². The molecule has 3 aliphatic carbocycles. The van der Waals surface area contributed by atoms with Crippen molar-refractivity contribution in [2.24, 2.45) is 0 Å². The molecule has 0 saturated heterocycles. The predicted octanol–water partition coefficient (Wildman–Crippen LogP) is 2.35. The van der Waals surface area contributed by atoms with Gasteiger partial charge in [-0.05, 0) is 60.5 Å². The molecule has 16 heavy (non-hydrogen) atoms. The normalized spacial score (nSPS) is 28.4. The molecule has 0 aromatic heterocycles. The average molecular weight is 230 g/mol. The fourth-order valence-electron chi connectivity index (χ4n) is 3.06. The molecule has 0 bridgehead atoms.